The van der Waals surface area contributed by atoms with E-state index in [4.69, 9.17) is 14.6 Å². The molecular formula is C13H16O7. The van der Waals surface area contributed by atoms with Gasteiger partial charge in [-0.3, -0.25) is 4.79 Å². The Kier molecular flexibility index (Phi) is 4.69. The minimum atomic E-state index is -1.52. The third kappa shape index (κ3) is 2.82. The SMILES string of the molecule is O=Cc1ccccc1OC1O[C@H](CO)[C@@H](O)[C@H](O)[C@H]1O. The lowest BCUT2D eigenvalue weighted by atomic mass is 9.99. The first-order valence-electron chi connectivity index (χ1n) is 6.10. The van der Waals surface area contributed by atoms with Crippen molar-refractivity contribution < 1.29 is 34.7 Å². The van der Waals surface area contributed by atoms with Crippen molar-refractivity contribution in [3.05, 3.63) is 29.8 Å². The largest absolute Gasteiger partial charge is 0.461 e. The maximum Gasteiger partial charge on any atom is 0.229 e. The Hall–Kier alpha value is -1.51. The van der Waals surface area contributed by atoms with Crippen molar-refractivity contribution >= 4 is 6.29 Å². The van der Waals surface area contributed by atoms with Gasteiger partial charge in [-0.15, -0.1) is 0 Å². The van der Waals surface area contributed by atoms with Crippen LogP contribution in [0, 0.1) is 0 Å². The first-order valence-corrected chi connectivity index (χ1v) is 6.10. The molecule has 20 heavy (non-hydrogen) atoms. The minimum Gasteiger partial charge on any atom is -0.461 e. The molecule has 0 spiro atoms. The molecule has 1 aliphatic heterocycles. The van der Waals surface area contributed by atoms with E-state index in [0.29, 0.717) is 6.29 Å². The molecule has 2 rings (SSSR count). The van der Waals surface area contributed by atoms with E-state index in [1.165, 1.54) is 12.1 Å². The van der Waals surface area contributed by atoms with Gasteiger partial charge in [0.05, 0.1) is 12.2 Å². The number of para-hydroxylation sites is 1. The van der Waals surface area contributed by atoms with Crippen LogP contribution in [-0.2, 0) is 4.74 Å². The molecule has 1 heterocycles. The Morgan fingerprint density at radius 1 is 1.15 bits per heavy atom. The number of aliphatic hydroxyl groups is 4. The fraction of sp³-hybridized carbons (Fsp3) is 0.462. The molecule has 1 aliphatic rings. The van der Waals surface area contributed by atoms with Crippen molar-refractivity contribution in [3.8, 4) is 5.75 Å². The number of carbonyl (C=O) groups is 1. The zero-order valence-corrected chi connectivity index (χ0v) is 10.5. The van der Waals surface area contributed by atoms with Crippen LogP contribution in [0.25, 0.3) is 0 Å². The molecule has 1 aromatic carbocycles. The monoisotopic (exact) mass is 284 g/mol. The standard InChI is InChI=1S/C13H16O7/c14-5-7-3-1-2-4-8(7)19-13-12(18)11(17)10(16)9(6-15)20-13/h1-5,9-13,15-18H,6H2/t9-,10-,11+,12-,13?/m1/s1. The van der Waals surface area contributed by atoms with E-state index in [2.05, 4.69) is 0 Å². The van der Waals surface area contributed by atoms with Gasteiger partial charge in [-0.1, -0.05) is 12.1 Å². The molecule has 1 saturated heterocycles. The van der Waals surface area contributed by atoms with Gasteiger partial charge in [0.2, 0.25) is 6.29 Å². The van der Waals surface area contributed by atoms with Gasteiger partial charge in [-0.05, 0) is 12.1 Å². The molecule has 0 aromatic heterocycles. The van der Waals surface area contributed by atoms with Gasteiger partial charge in [-0.2, -0.15) is 0 Å². The van der Waals surface area contributed by atoms with Gasteiger partial charge in [0.1, 0.15) is 30.2 Å². The predicted octanol–water partition coefficient (Wildman–Crippen LogP) is -1.32. The van der Waals surface area contributed by atoms with Crippen LogP contribution in [0.2, 0.25) is 0 Å². The Bertz CT molecular complexity index is 462. The number of hydrogen-bond donors (Lipinski definition) is 4. The van der Waals surface area contributed by atoms with Crippen molar-refractivity contribution in [2.24, 2.45) is 0 Å². The summed E-state index contributed by atoms with van der Waals surface area (Å²) in [6.45, 7) is -0.542. The van der Waals surface area contributed by atoms with Crippen LogP contribution < -0.4 is 4.74 Å². The van der Waals surface area contributed by atoms with E-state index in [1.54, 1.807) is 12.1 Å². The van der Waals surface area contributed by atoms with Crippen LogP contribution in [-0.4, -0.2) is 64.0 Å². The molecule has 0 amide bonds. The molecular weight excluding hydrogens is 268 g/mol. The summed E-state index contributed by atoms with van der Waals surface area (Å²) in [6, 6.07) is 6.30. The highest BCUT2D eigenvalue weighted by Gasteiger charge is 2.44. The maximum atomic E-state index is 10.9. The summed E-state index contributed by atoms with van der Waals surface area (Å²) in [5.41, 5.74) is 0.254. The molecule has 4 N–H and O–H groups in total. The van der Waals surface area contributed by atoms with E-state index in [-0.39, 0.29) is 11.3 Å². The Balaban J connectivity index is 2.17. The summed E-state index contributed by atoms with van der Waals surface area (Å²) in [4.78, 5) is 10.9. The lowest BCUT2D eigenvalue weighted by Gasteiger charge is -2.39. The zero-order chi connectivity index (χ0) is 14.7. The van der Waals surface area contributed by atoms with Crippen molar-refractivity contribution in [3.63, 3.8) is 0 Å². The van der Waals surface area contributed by atoms with Crippen molar-refractivity contribution in [1.82, 2.24) is 0 Å². The number of benzene rings is 1. The number of aliphatic hydroxyl groups excluding tert-OH is 4. The van der Waals surface area contributed by atoms with E-state index >= 15 is 0 Å². The van der Waals surface area contributed by atoms with Crippen LogP contribution in [0.1, 0.15) is 10.4 Å². The van der Waals surface area contributed by atoms with Crippen LogP contribution in [0.3, 0.4) is 0 Å². The van der Waals surface area contributed by atoms with Crippen molar-refractivity contribution in [1.29, 1.82) is 0 Å². The average Bonchev–Trinajstić information content (AvgIpc) is 2.48. The molecule has 110 valence electrons. The highest BCUT2D eigenvalue weighted by atomic mass is 16.7. The second-order valence-corrected chi connectivity index (χ2v) is 4.47. The van der Waals surface area contributed by atoms with E-state index in [0.717, 1.165) is 0 Å². The lowest BCUT2D eigenvalue weighted by Crippen LogP contribution is -2.60. The number of hydrogen-bond acceptors (Lipinski definition) is 7. The Labute approximate surface area is 115 Å². The van der Waals surface area contributed by atoms with Crippen LogP contribution in [0.4, 0.5) is 0 Å². The molecule has 1 fully saturated rings. The fourth-order valence-electron chi connectivity index (χ4n) is 1.98. The highest BCUT2D eigenvalue weighted by Crippen LogP contribution is 2.25. The van der Waals surface area contributed by atoms with E-state index < -0.39 is 37.3 Å². The molecule has 0 bridgehead atoms. The summed E-state index contributed by atoms with van der Waals surface area (Å²) in [5, 5.41) is 38.1. The van der Waals surface area contributed by atoms with Crippen LogP contribution in [0.15, 0.2) is 24.3 Å². The fourth-order valence-corrected chi connectivity index (χ4v) is 1.98. The highest BCUT2D eigenvalue weighted by molar-refractivity contribution is 5.79. The molecule has 1 unspecified atom stereocenters. The summed E-state index contributed by atoms with van der Waals surface area (Å²) < 4.78 is 10.5. The first-order chi connectivity index (χ1) is 9.58. The summed E-state index contributed by atoms with van der Waals surface area (Å²) >= 11 is 0. The molecule has 7 nitrogen and oxygen atoms in total. The quantitative estimate of drug-likeness (QED) is 0.507. The normalized spacial score (nSPS) is 33.7. The number of rotatable bonds is 4. The number of aldehydes is 1. The van der Waals surface area contributed by atoms with Crippen LogP contribution >= 0.6 is 0 Å². The lowest BCUT2D eigenvalue weighted by molar-refractivity contribution is -0.277. The average molecular weight is 284 g/mol. The first kappa shape index (κ1) is 14.9. The predicted molar refractivity (Wildman–Crippen MR) is 66.2 cm³/mol. The van der Waals surface area contributed by atoms with Gasteiger partial charge in [0.25, 0.3) is 0 Å². The van der Waals surface area contributed by atoms with Crippen LogP contribution in [0.5, 0.6) is 5.75 Å². The zero-order valence-electron chi connectivity index (χ0n) is 10.5. The summed E-state index contributed by atoms with van der Waals surface area (Å²) in [6.07, 6.45) is -6.24. The second kappa shape index (κ2) is 6.29. The van der Waals surface area contributed by atoms with Crippen molar-refractivity contribution in [2.45, 2.75) is 30.7 Å². The van der Waals surface area contributed by atoms with Gasteiger partial charge in [-0.25, -0.2) is 0 Å². The van der Waals surface area contributed by atoms with E-state index in [9.17, 15) is 20.1 Å². The third-order valence-corrected chi connectivity index (χ3v) is 3.14. The third-order valence-electron chi connectivity index (χ3n) is 3.14. The molecule has 7 heteroatoms. The summed E-state index contributed by atoms with van der Waals surface area (Å²) in [7, 11) is 0. The topological polar surface area (TPSA) is 116 Å². The number of ether oxygens (including phenoxy) is 2. The minimum absolute atomic E-state index is 0.173. The van der Waals surface area contributed by atoms with E-state index in [1.807, 2.05) is 0 Å². The number of carbonyl (C=O) groups excluding carboxylic acids is 1. The molecule has 0 radical (unpaired) electrons. The summed E-state index contributed by atoms with van der Waals surface area (Å²) in [5.74, 6) is 0.173. The molecule has 5 atom stereocenters. The van der Waals surface area contributed by atoms with Gasteiger partial charge in [0, 0.05) is 0 Å². The molecule has 0 aliphatic carbocycles. The Morgan fingerprint density at radius 3 is 2.50 bits per heavy atom. The molecule has 0 saturated carbocycles. The van der Waals surface area contributed by atoms with Gasteiger partial charge < -0.3 is 29.9 Å². The smallest absolute Gasteiger partial charge is 0.229 e. The Morgan fingerprint density at radius 2 is 1.85 bits per heavy atom. The van der Waals surface area contributed by atoms with Crippen molar-refractivity contribution in [2.75, 3.05) is 6.61 Å². The van der Waals surface area contributed by atoms with Gasteiger partial charge in [0.15, 0.2) is 6.29 Å². The maximum absolute atomic E-state index is 10.9. The van der Waals surface area contributed by atoms with Gasteiger partial charge >= 0.3 is 0 Å². The second-order valence-electron chi connectivity index (χ2n) is 4.47. The molecule has 1 aromatic rings.